The van der Waals surface area contributed by atoms with Crippen LogP contribution in [-0.4, -0.2) is 27.7 Å². The lowest BCUT2D eigenvalue weighted by molar-refractivity contribution is 0.203. The minimum Gasteiger partial charge on any atom is -0.494 e. The summed E-state index contributed by atoms with van der Waals surface area (Å²) in [5, 5.41) is 7.42. The number of hydrogen-bond donors (Lipinski definition) is 1. The van der Waals surface area contributed by atoms with Crippen molar-refractivity contribution in [3.63, 3.8) is 0 Å². The predicted octanol–water partition coefficient (Wildman–Crippen LogP) is 6.45. The molecule has 5 rings (SSSR count). The summed E-state index contributed by atoms with van der Waals surface area (Å²) in [5.74, 6) is 1.65. The minimum atomic E-state index is -0.455. The van der Waals surface area contributed by atoms with Crippen LogP contribution < -0.4 is 10.1 Å². The molecule has 7 heteroatoms. The van der Waals surface area contributed by atoms with E-state index in [-0.39, 0.29) is 6.03 Å². The molecule has 1 atom stereocenters. The maximum absolute atomic E-state index is 13.4. The Hall–Kier alpha value is -4.39. The van der Waals surface area contributed by atoms with Crippen LogP contribution >= 0.6 is 0 Å². The zero-order valence-electron chi connectivity index (χ0n) is 21.5. The molecular formula is C30H30N4O3. The summed E-state index contributed by atoms with van der Waals surface area (Å²) in [4.78, 5) is 19.8. The standard InChI is InChI=1S/C30H30N4O3/c1-5-36-25-16-14-23(15-17-25)27-26(29-32-28(33-37-29)24-12-8-20(3)9-13-24)21(4)34(30(35)31-27)18-22-10-6-19(2)7-11-22/h6-17,27H,5,18H2,1-4H3,(H,31,35). The molecule has 0 bridgehead atoms. The Kier molecular flexibility index (Phi) is 6.77. The second kappa shape index (κ2) is 10.3. The van der Waals surface area contributed by atoms with E-state index < -0.39 is 6.04 Å². The molecule has 0 aliphatic carbocycles. The number of benzene rings is 3. The summed E-state index contributed by atoms with van der Waals surface area (Å²) in [6, 6.07) is 23.2. The van der Waals surface area contributed by atoms with Crippen LogP contribution in [0.15, 0.2) is 83.0 Å². The Morgan fingerprint density at radius 1 is 0.919 bits per heavy atom. The average molecular weight is 495 g/mol. The van der Waals surface area contributed by atoms with Crippen LogP contribution in [0.25, 0.3) is 17.0 Å². The zero-order chi connectivity index (χ0) is 25.9. The van der Waals surface area contributed by atoms with Gasteiger partial charge in [-0.1, -0.05) is 76.9 Å². The van der Waals surface area contributed by atoms with E-state index in [4.69, 9.17) is 14.2 Å². The summed E-state index contributed by atoms with van der Waals surface area (Å²) in [6.45, 7) is 8.97. The normalized spacial score (nSPS) is 15.6. The van der Waals surface area contributed by atoms with Crippen molar-refractivity contribution in [3.8, 4) is 17.1 Å². The molecule has 1 aliphatic heterocycles. The molecule has 188 valence electrons. The molecule has 7 nitrogen and oxygen atoms in total. The van der Waals surface area contributed by atoms with Crippen molar-refractivity contribution < 1.29 is 14.1 Å². The van der Waals surface area contributed by atoms with Gasteiger partial charge in [-0.2, -0.15) is 4.98 Å². The first-order valence-electron chi connectivity index (χ1n) is 12.4. The lowest BCUT2D eigenvalue weighted by atomic mass is 9.94. The van der Waals surface area contributed by atoms with Crippen molar-refractivity contribution in [1.29, 1.82) is 0 Å². The third kappa shape index (κ3) is 5.11. The van der Waals surface area contributed by atoms with Gasteiger partial charge in [-0.05, 0) is 51.0 Å². The van der Waals surface area contributed by atoms with Crippen LogP contribution in [0.4, 0.5) is 4.79 Å². The maximum Gasteiger partial charge on any atom is 0.322 e. The molecule has 0 fully saturated rings. The first kappa shape index (κ1) is 24.3. The molecule has 1 aliphatic rings. The molecule has 1 unspecified atom stereocenters. The minimum absolute atomic E-state index is 0.181. The van der Waals surface area contributed by atoms with Gasteiger partial charge in [0.2, 0.25) is 5.82 Å². The van der Waals surface area contributed by atoms with Crippen molar-refractivity contribution >= 4 is 11.6 Å². The number of carbonyl (C=O) groups excluding carboxylic acids is 1. The fourth-order valence-electron chi connectivity index (χ4n) is 4.45. The lowest BCUT2D eigenvalue weighted by Crippen LogP contribution is -2.45. The smallest absolute Gasteiger partial charge is 0.322 e. The Balaban J connectivity index is 1.56. The summed E-state index contributed by atoms with van der Waals surface area (Å²) in [6.07, 6.45) is 0. The highest BCUT2D eigenvalue weighted by Gasteiger charge is 2.35. The van der Waals surface area contributed by atoms with E-state index in [0.29, 0.717) is 24.9 Å². The summed E-state index contributed by atoms with van der Waals surface area (Å²) >= 11 is 0. The van der Waals surface area contributed by atoms with Crippen molar-refractivity contribution in [2.45, 2.75) is 40.3 Å². The first-order valence-corrected chi connectivity index (χ1v) is 12.4. The van der Waals surface area contributed by atoms with Crippen LogP contribution in [0.2, 0.25) is 0 Å². The first-order chi connectivity index (χ1) is 17.9. The molecule has 2 heterocycles. The molecule has 0 radical (unpaired) electrons. The number of aryl methyl sites for hydroxylation is 2. The number of ether oxygens (including phenoxy) is 1. The SMILES string of the molecule is CCOc1ccc(C2NC(=O)N(Cc3ccc(C)cc3)C(C)=C2c2nc(-c3ccc(C)cc3)no2)cc1. The van der Waals surface area contributed by atoms with Crippen LogP contribution in [0.5, 0.6) is 5.75 Å². The van der Waals surface area contributed by atoms with Gasteiger partial charge in [0.25, 0.3) is 5.89 Å². The monoisotopic (exact) mass is 494 g/mol. The van der Waals surface area contributed by atoms with Gasteiger partial charge in [-0.3, -0.25) is 4.90 Å². The molecule has 0 saturated carbocycles. The van der Waals surface area contributed by atoms with E-state index in [1.54, 1.807) is 4.90 Å². The Morgan fingerprint density at radius 3 is 2.22 bits per heavy atom. The van der Waals surface area contributed by atoms with Gasteiger partial charge in [-0.25, -0.2) is 4.79 Å². The average Bonchev–Trinajstić information content (AvgIpc) is 3.38. The molecule has 37 heavy (non-hydrogen) atoms. The molecule has 3 aromatic carbocycles. The number of aromatic nitrogens is 2. The van der Waals surface area contributed by atoms with Crippen LogP contribution in [0, 0.1) is 13.8 Å². The van der Waals surface area contributed by atoms with Gasteiger partial charge in [0, 0.05) is 11.3 Å². The van der Waals surface area contributed by atoms with Crippen LogP contribution in [0.3, 0.4) is 0 Å². The van der Waals surface area contributed by atoms with Crippen molar-refractivity contribution in [3.05, 3.63) is 107 Å². The van der Waals surface area contributed by atoms with Crippen LogP contribution in [-0.2, 0) is 6.54 Å². The van der Waals surface area contributed by atoms with E-state index in [1.807, 2.05) is 100 Å². The van der Waals surface area contributed by atoms with Crippen molar-refractivity contribution in [1.82, 2.24) is 20.4 Å². The molecule has 4 aromatic rings. The molecule has 2 amide bonds. The number of rotatable bonds is 7. The fraction of sp³-hybridized carbons (Fsp3) is 0.233. The lowest BCUT2D eigenvalue weighted by Gasteiger charge is -2.35. The van der Waals surface area contributed by atoms with Crippen LogP contribution in [0.1, 0.15) is 48.0 Å². The fourth-order valence-corrected chi connectivity index (χ4v) is 4.45. The third-order valence-electron chi connectivity index (χ3n) is 6.55. The van der Waals surface area contributed by atoms with Gasteiger partial charge in [0.1, 0.15) is 5.75 Å². The third-order valence-corrected chi connectivity index (χ3v) is 6.55. The summed E-state index contributed by atoms with van der Waals surface area (Å²) in [7, 11) is 0. The topological polar surface area (TPSA) is 80.5 Å². The van der Waals surface area contributed by atoms with E-state index >= 15 is 0 Å². The second-order valence-electron chi connectivity index (χ2n) is 9.24. The highest BCUT2D eigenvalue weighted by atomic mass is 16.5. The second-order valence-corrected chi connectivity index (χ2v) is 9.24. The van der Waals surface area contributed by atoms with Gasteiger partial charge >= 0.3 is 6.03 Å². The number of carbonyl (C=O) groups is 1. The van der Waals surface area contributed by atoms with E-state index in [9.17, 15) is 4.79 Å². The van der Waals surface area contributed by atoms with Gasteiger partial charge in [0.05, 0.1) is 24.8 Å². The molecule has 1 N–H and O–H groups in total. The molecular weight excluding hydrogens is 464 g/mol. The quantitative estimate of drug-likeness (QED) is 0.319. The largest absolute Gasteiger partial charge is 0.494 e. The summed E-state index contributed by atoms with van der Waals surface area (Å²) < 4.78 is 11.4. The maximum atomic E-state index is 13.4. The van der Waals surface area contributed by atoms with Gasteiger partial charge < -0.3 is 14.6 Å². The van der Waals surface area contributed by atoms with Crippen molar-refractivity contribution in [2.24, 2.45) is 0 Å². The Morgan fingerprint density at radius 2 is 1.57 bits per heavy atom. The number of amides is 2. The highest BCUT2D eigenvalue weighted by molar-refractivity contribution is 5.87. The Labute approximate surface area is 216 Å². The van der Waals surface area contributed by atoms with Gasteiger partial charge in [0.15, 0.2) is 0 Å². The zero-order valence-corrected chi connectivity index (χ0v) is 21.5. The molecule has 0 spiro atoms. The van der Waals surface area contributed by atoms with E-state index in [0.717, 1.165) is 39.3 Å². The Bertz CT molecular complexity index is 1420. The number of allylic oxidation sites excluding steroid dienone is 1. The number of urea groups is 1. The number of nitrogens with zero attached hydrogens (tertiary/aromatic N) is 3. The predicted molar refractivity (Wildman–Crippen MR) is 143 cm³/mol. The number of nitrogens with one attached hydrogen (secondary N) is 1. The molecule has 0 saturated heterocycles. The van der Waals surface area contributed by atoms with Gasteiger partial charge in [-0.15, -0.1) is 0 Å². The van der Waals surface area contributed by atoms with Crippen molar-refractivity contribution in [2.75, 3.05) is 6.61 Å². The van der Waals surface area contributed by atoms with E-state index in [1.165, 1.54) is 5.56 Å². The number of hydrogen-bond acceptors (Lipinski definition) is 5. The van der Waals surface area contributed by atoms with E-state index in [2.05, 4.69) is 10.5 Å². The summed E-state index contributed by atoms with van der Waals surface area (Å²) in [5.41, 5.74) is 6.66. The highest BCUT2D eigenvalue weighted by Crippen LogP contribution is 2.38. The molecule has 1 aromatic heterocycles.